The van der Waals surface area contributed by atoms with Gasteiger partial charge >= 0.3 is 144 Å². The molecule has 23 heteroatoms. The molecule has 2 aromatic carbocycles. The number of carbonyl (C=O) groups is 1. The third kappa shape index (κ3) is 18.7. The minimum absolute atomic E-state index is 0. The third-order valence-electron chi connectivity index (χ3n) is 5.41. The molecule has 13 nitrogen and oxygen atoms in total. The number of hydrogen-bond donors (Lipinski definition) is 2. The molecule has 0 bridgehead atoms. The van der Waals surface area contributed by atoms with E-state index in [0.717, 1.165) is 11.1 Å². The van der Waals surface area contributed by atoms with Crippen molar-refractivity contribution in [3.8, 4) is 6.07 Å². The summed E-state index contributed by atoms with van der Waals surface area (Å²) in [7, 11) is 0. The number of nitrogens with two attached hydrogens (primary N) is 2. The molecule has 0 atom stereocenters. The molecule has 0 spiro atoms. The number of benzene rings is 2. The van der Waals surface area contributed by atoms with Gasteiger partial charge in [-0.1, -0.05) is 142 Å². The van der Waals surface area contributed by atoms with Gasteiger partial charge in [-0.3, -0.25) is 13.9 Å². The minimum atomic E-state index is -1.75. The normalized spacial score (nSPS) is 9.94. The second-order valence-corrected chi connectivity index (χ2v) is 14.6. The molecule has 4 N–H and O–H groups in total. The number of nitriles is 1. The summed E-state index contributed by atoms with van der Waals surface area (Å²) < 4.78 is 1.27. The Hall–Kier alpha value is 1.01. The Morgan fingerprint density at radius 3 is 1.73 bits per heavy atom. The van der Waals surface area contributed by atoms with E-state index in [-0.39, 0.29) is 172 Å². The number of halogens is 8. The van der Waals surface area contributed by atoms with E-state index in [2.05, 4.69) is 61.5 Å². The minimum Gasteiger partial charge on any atom is -1.00 e. The smallest absolute Gasteiger partial charge is 1.00 e. The van der Waals surface area contributed by atoms with Crippen molar-refractivity contribution < 1.29 is 156 Å². The van der Waals surface area contributed by atoms with Crippen LogP contribution in [0.4, 0.5) is 17.5 Å². The molecular weight excluding hydrogens is 1160 g/mol. The second-order valence-electron chi connectivity index (χ2n) is 8.63. The maximum atomic E-state index is 8.64. The SMILES string of the molecule is N#CC(Cl)(Cl)Cl.Nc1nc(C(Cl)(Cl)Cl)nc2c1nc(Br)n2Cc1ccccc1.O=CO[O-].[2H-].[C-]#[N+]c1nc(Br)n(Cc2ccccc2)c1N.[CH3-].[Cs+].[Cs+].[H-]. The van der Waals surface area contributed by atoms with Crippen LogP contribution >= 0.6 is 101 Å². The molecule has 0 fully saturated rings. The summed E-state index contributed by atoms with van der Waals surface area (Å²) in [5, 5.41) is 16.2. The molecule has 3 heterocycles. The van der Waals surface area contributed by atoms with Gasteiger partial charge in [0.2, 0.25) is 3.79 Å². The van der Waals surface area contributed by atoms with Crippen molar-refractivity contribution >= 4 is 137 Å². The van der Waals surface area contributed by atoms with Gasteiger partial charge in [0.25, 0.3) is 15.0 Å². The fraction of sp³-hybridized carbons (Fsp3) is 0.143. The first-order valence-corrected chi connectivity index (χ1v) is 16.3. The van der Waals surface area contributed by atoms with Gasteiger partial charge in [0.1, 0.15) is 11.9 Å². The Morgan fingerprint density at radius 2 is 1.35 bits per heavy atom. The molecule has 0 aliphatic heterocycles. The van der Waals surface area contributed by atoms with E-state index in [1.54, 1.807) is 4.57 Å². The first-order chi connectivity index (χ1) is 22.6. The van der Waals surface area contributed by atoms with Crippen LogP contribution in [0.15, 0.2) is 70.1 Å². The van der Waals surface area contributed by atoms with Crippen LogP contribution in [0.2, 0.25) is 0 Å². The zero-order chi connectivity index (χ0) is 36.1. The molecule has 51 heavy (non-hydrogen) atoms. The Kier molecular flexibility index (Phi) is 28.4. The van der Waals surface area contributed by atoms with Crippen LogP contribution < -0.4 is 155 Å². The maximum absolute atomic E-state index is 8.64. The Labute approximate surface area is 461 Å². The molecule has 0 saturated carbocycles. The molecule has 0 aliphatic carbocycles. The summed E-state index contributed by atoms with van der Waals surface area (Å²) in [6.07, 6.45) is 0. The first-order valence-electron chi connectivity index (χ1n) is 12.5. The largest absolute Gasteiger partial charge is 1.00 e. The van der Waals surface area contributed by atoms with Gasteiger partial charge in [-0.2, -0.15) is 5.26 Å². The van der Waals surface area contributed by atoms with Gasteiger partial charge in [-0.05, 0) is 27.1 Å². The van der Waals surface area contributed by atoms with Crippen molar-refractivity contribution in [2.75, 3.05) is 11.5 Å². The van der Waals surface area contributed by atoms with Crippen molar-refractivity contribution in [3.63, 3.8) is 0 Å². The van der Waals surface area contributed by atoms with Crippen molar-refractivity contribution in [1.29, 1.82) is 5.26 Å². The topological polar surface area (TPSA) is 191 Å². The van der Waals surface area contributed by atoms with Crippen LogP contribution in [0.5, 0.6) is 0 Å². The standard InChI is InChI=1S/C13H9BrCl3N5.C11H9BrN4.C2Cl3N.CH2O3.CH3.2Cs.2H/c14-12-19-8-9(18)20-11(13(15,16)17)21-10(8)22(12)6-7-4-2-1-3-5-7;1-14-10-9(13)16(11(12)15-10)7-8-5-3-2-4-6-8;3-2(4,5)1-6;2-1-4-3;;;;;/h1-5H,6H2,(H2,18,20,21);2-6H,7,13H2;;1,3H;1H3;;;;/q;;;;-1;2*+1;2*-1/p-1/i;;;;;;;1+1;. The summed E-state index contributed by atoms with van der Waals surface area (Å²) in [5.41, 5.74) is 14.9. The number of nitrogens with zero attached hydrogens (tertiary/aromatic N) is 8. The van der Waals surface area contributed by atoms with Crippen LogP contribution in [-0.4, -0.2) is 39.3 Å². The zero-order valence-electron chi connectivity index (χ0n) is 28.7. The zero-order valence-corrected chi connectivity index (χ0v) is 47.0. The van der Waals surface area contributed by atoms with Crippen LogP contribution in [0.3, 0.4) is 0 Å². The van der Waals surface area contributed by atoms with Gasteiger partial charge in [0.05, 0.1) is 13.1 Å². The Morgan fingerprint density at radius 1 is 0.922 bits per heavy atom. The van der Waals surface area contributed by atoms with E-state index >= 15 is 0 Å². The Balaban J connectivity index is -0.000000343. The van der Waals surface area contributed by atoms with Crippen LogP contribution in [0.25, 0.3) is 16.0 Å². The number of alkyl halides is 6. The van der Waals surface area contributed by atoms with E-state index in [0.29, 0.717) is 39.5 Å². The molecule has 0 aliphatic rings. The van der Waals surface area contributed by atoms with E-state index in [9.17, 15) is 0 Å². The van der Waals surface area contributed by atoms with Gasteiger partial charge < -0.3 is 36.7 Å². The molecule has 0 amide bonds. The van der Waals surface area contributed by atoms with Crippen LogP contribution in [-0.2, 0) is 26.6 Å². The number of fused-ring (bicyclic) bond motifs is 1. The number of nitrogen functional groups attached to an aromatic ring is 2. The number of rotatable bonds is 5. The average Bonchev–Trinajstić information content (AvgIpc) is 3.52. The number of carbonyl (C=O) groups excluding carboxylic acids is 1. The summed E-state index contributed by atoms with van der Waals surface area (Å²) in [4.78, 5) is 31.2. The van der Waals surface area contributed by atoms with Gasteiger partial charge in [-0.15, -0.1) is 0 Å². The summed E-state index contributed by atoms with van der Waals surface area (Å²) in [5.74, 6) is 0.816. The van der Waals surface area contributed by atoms with Gasteiger partial charge in [0.15, 0.2) is 27.5 Å². The quantitative estimate of drug-likeness (QED) is 0.0657. The number of hydrogen-bond acceptors (Lipinski definition) is 10. The van der Waals surface area contributed by atoms with Crippen molar-refractivity contribution in [2.24, 2.45) is 0 Å². The second kappa shape index (κ2) is 26.8. The van der Waals surface area contributed by atoms with Crippen molar-refractivity contribution in [2.45, 2.75) is 20.7 Å². The predicted octanol–water partition coefficient (Wildman–Crippen LogP) is 1.87. The maximum Gasteiger partial charge on any atom is 1.00 e. The van der Waals surface area contributed by atoms with E-state index in [4.69, 9.17) is 103 Å². The fourth-order valence-electron chi connectivity index (χ4n) is 3.45. The van der Waals surface area contributed by atoms with E-state index in [1.165, 1.54) is 6.07 Å². The van der Waals surface area contributed by atoms with Crippen LogP contribution in [0.1, 0.15) is 19.8 Å². The van der Waals surface area contributed by atoms with E-state index < -0.39 is 7.59 Å². The number of anilines is 2. The molecule has 264 valence electrons. The van der Waals surface area contributed by atoms with Gasteiger partial charge in [-0.25, -0.2) is 15.0 Å². The van der Waals surface area contributed by atoms with E-state index in [1.807, 2.05) is 65.2 Å². The van der Waals surface area contributed by atoms with Crippen LogP contribution in [0, 0.1) is 25.3 Å². The molecule has 5 rings (SSSR count). The summed E-state index contributed by atoms with van der Waals surface area (Å²) >= 11 is 38.9. The third-order valence-corrected chi connectivity index (χ3v) is 7.38. The Bertz CT molecular complexity index is 1910. The summed E-state index contributed by atoms with van der Waals surface area (Å²) in [6, 6.07) is 21.2. The molecule has 0 radical (unpaired) electrons. The predicted molar refractivity (Wildman–Crippen MR) is 200 cm³/mol. The summed E-state index contributed by atoms with van der Waals surface area (Å²) in [6.45, 7) is 7.90. The van der Waals surface area contributed by atoms with Crippen molar-refractivity contribution in [3.05, 3.63) is 106 Å². The molecule has 5 aromatic rings. The molecule has 3 aromatic heterocycles. The van der Waals surface area contributed by atoms with Gasteiger partial charge in [0, 0.05) is 15.9 Å². The average molecular weight is 1190 g/mol. The number of aromatic nitrogens is 6. The monoisotopic (exact) mass is 1180 g/mol. The fourth-order valence-corrected chi connectivity index (χ4v) is 4.66. The molecule has 0 saturated heterocycles. The number of imidazole rings is 2. The van der Waals surface area contributed by atoms with Crippen molar-refractivity contribution in [1.82, 2.24) is 29.1 Å². The molecular formula is C28H24Br2Cl6Cs2N10O3-2. The first kappa shape index (κ1) is 54.1. The molecule has 0 unspecified atom stereocenters.